The van der Waals surface area contributed by atoms with Gasteiger partial charge in [0.05, 0.1) is 5.56 Å². The lowest BCUT2D eigenvalue weighted by Crippen LogP contribution is -2.57. The van der Waals surface area contributed by atoms with E-state index < -0.39 is 11.7 Å². The Hall–Kier alpha value is -1.07. The average molecular weight is 286 g/mol. The van der Waals surface area contributed by atoms with Crippen LogP contribution in [-0.2, 0) is 6.18 Å². The minimum Gasteiger partial charge on any atom is -0.314 e. The largest absolute Gasteiger partial charge is 0.416 e. The van der Waals surface area contributed by atoms with Crippen molar-refractivity contribution in [1.29, 1.82) is 0 Å². The molecule has 0 aliphatic carbocycles. The maximum Gasteiger partial charge on any atom is 0.416 e. The van der Waals surface area contributed by atoms with E-state index in [2.05, 4.69) is 24.1 Å². The molecule has 5 heteroatoms. The van der Waals surface area contributed by atoms with Gasteiger partial charge in [-0.05, 0) is 37.6 Å². The van der Waals surface area contributed by atoms with Crippen LogP contribution in [0.1, 0.15) is 37.4 Å². The van der Waals surface area contributed by atoms with Crippen molar-refractivity contribution in [3.8, 4) is 0 Å². The lowest BCUT2D eigenvalue weighted by Gasteiger charge is -2.42. The van der Waals surface area contributed by atoms with E-state index in [0.717, 1.165) is 31.6 Å². The van der Waals surface area contributed by atoms with Crippen molar-refractivity contribution >= 4 is 0 Å². The molecule has 1 atom stereocenters. The van der Waals surface area contributed by atoms with Crippen LogP contribution in [-0.4, -0.2) is 30.6 Å². The first-order chi connectivity index (χ1) is 9.43. The molecule has 0 aromatic heterocycles. The second kappa shape index (κ2) is 6.14. The predicted octanol–water partition coefficient (Wildman–Crippen LogP) is 3.45. The first-order valence-electron chi connectivity index (χ1n) is 7.07. The van der Waals surface area contributed by atoms with Crippen LogP contribution in [0.15, 0.2) is 24.3 Å². The lowest BCUT2D eigenvalue weighted by molar-refractivity contribution is -0.137. The molecule has 1 aromatic carbocycles. The van der Waals surface area contributed by atoms with E-state index >= 15 is 0 Å². The molecule has 1 aromatic rings. The molecule has 1 fully saturated rings. The van der Waals surface area contributed by atoms with Crippen LogP contribution < -0.4 is 5.32 Å². The van der Waals surface area contributed by atoms with Crippen LogP contribution in [0.5, 0.6) is 0 Å². The van der Waals surface area contributed by atoms with Crippen LogP contribution >= 0.6 is 0 Å². The van der Waals surface area contributed by atoms with Crippen molar-refractivity contribution < 1.29 is 13.2 Å². The number of hydrogen-bond donors (Lipinski definition) is 1. The summed E-state index contributed by atoms with van der Waals surface area (Å²) in [7, 11) is 0. The third kappa shape index (κ3) is 3.33. The van der Waals surface area contributed by atoms with Crippen LogP contribution in [0.2, 0.25) is 0 Å². The molecule has 20 heavy (non-hydrogen) atoms. The Labute approximate surface area is 118 Å². The molecule has 1 unspecified atom stereocenters. The molecule has 1 saturated heterocycles. The first-order valence-corrected chi connectivity index (χ1v) is 7.07. The van der Waals surface area contributed by atoms with Gasteiger partial charge in [0.1, 0.15) is 0 Å². The van der Waals surface area contributed by atoms with Crippen LogP contribution in [0, 0.1) is 0 Å². The number of benzene rings is 1. The van der Waals surface area contributed by atoms with Gasteiger partial charge in [-0.25, -0.2) is 0 Å². The topological polar surface area (TPSA) is 15.3 Å². The van der Waals surface area contributed by atoms with E-state index in [1.54, 1.807) is 12.1 Å². The molecule has 0 amide bonds. The van der Waals surface area contributed by atoms with Gasteiger partial charge < -0.3 is 5.32 Å². The lowest BCUT2D eigenvalue weighted by atomic mass is 10.0. The Morgan fingerprint density at radius 3 is 2.25 bits per heavy atom. The number of nitrogens with zero attached hydrogens (tertiary/aromatic N) is 1. The summed E-state index contributed by atoms with van der Waals surface area (Å²) >= 11 is 0. The van der Waals surface area contributed by atoms with Gasteiger partial charge >= 0.3 is 6.18 Å². The molecule has 1 aliphatic rings. The zero-order valence-electron chi connectivity index (χ0n) is 11.9. The number of rotatable bonds is 5. The quantitative estimate of drug-likeness (QED) is 0.892. The zero-order valence-corrected chi connectivity index (χ0v) is 11.9. The van der Waals surface area contributed by atoms with Crippen molar-refractivity contribution in [3.05, 3.63) is 35.4 Å². The van der Waals surface area contributed by atoms with Crippen molar-refractivity contribution in [2.24, 2.45) is 0 Å². The molecule has 1 N–H and O–H groups in total. The molecule has 112 valence electrons. The molecule has 2 rings (SSSR count). The summed E-state index contributed by atoms with van der Waals surface area (Å²) in [6.45, 7) is 7.08. The van der Waals surface area contributed by atoms with Crippen molar-refractivity contribution in [1.82, 2.24) is 10.2 Å². The fourth-order valence-electron chi connectivity index (χ4n) is 2.60. The van der Waals surface area contributed by atoms with E-state index in [-0.39, 0.29) is 6.04 Å². The van der Waals surface area contributed by atoms with Crippen LogP contribution in [0.4, 0.5) is 13.2 Å². The molecular weight excluding hydrogens is 265 g/mol. The van der Waals surface area contributed by atoms with E-state index in [1.807, 2.05) is 0 Å². The SMILES string of the molecule is CCCN(C1CNC1)C(C)c1ccc(C(F)(F)F)cc1. The van der Waals surface area contributed by atoms with Crippen molar-refractivity contribution in [2.75, 3.05) is 19.6 Å². The van der Waals surface area contributed by atoms with Gasteiger partial charge in [-0.1, -0.05) is 19.1 Å². The molecule has 1 heterocycles. The second-order valence-electron chi connectivity index (χ2n) is 5.35. The van der Waals surface area contributed by atoms with Gasteiger partial charge in [0.2, 0.25) is 0 Å². The number of halogens is 3. The Balaban J connectivity index is 2.12. The summed E-state index contributed by atoms with van der Waals surface area (Å²) in [5, 5.41) is 3.25. The standard InChI is InChI=1S/C15H21F3N2/c1-3-8-20(14-9-19-10-14)11(2)12-4-6-13(7-5-12)15(16,17)18/h4-7,11,14,19H,3,8-10H2,1-2H3. The molecule has 0 radical (unpaired) electrons. The number of nitrogens with one attached hydrogen (secondary N) is 1. The zero-order chi connectivity index (χ0) is 14.8. The van der Waals surface area contributed by atoms with Gasteiger partial charge in [0.25, 0.3) is 0 Å². The second-order valence-corrected chi connectivity index (χ2v) is 5.35. The Morgan fingerprint density at radius 2 is 1.85 bits per heavy atom. The number of alkyl halides is 3. The van der Waals surface area contributed by atoms with E-state index in [9.17, 15) is 13.2 Å². The summed E-state index contributed by atoms with van der Waals surface area (Å²) in [4.78, 5) is 2.37. The minimum atomic E-state index is -4.26. The van der Waals surface area contributed by atoms with E-state index in [0.29, 0.717) is 6.04 Å². The maximum atomic E-state index is 12.6. The monoisotopic (exact) mass is 286 g/mol. The highest BCUT2D eigenvalue weighted by molar-refractivity contribution is 5.26. The number of hydrogen-bond acceptors (Lipinski definition) is 2. The molecule has 0 bridgehead atoms. The van der Waals surface area contributed by atoms with Gasteiger partial charge in [0, 0.05) is 25.2 Å². The Bertz CT molecular complexity index is 424. The molecule has 0 spiro atoms. The summed E-state index contributed by atoms with van der Waals surface area (Å²) in [5.74, 6) is 0. The predicted molar refractivity (Wildman–Crippen MR) is 73.5 cm³/mol. The van der Waals surface area contributed by atoms with Crippen LogP contribution in [0.3, 0.4) is 0 Å². The molecule has 2 nitrogen and oxygen atoms in total. The normalized spacial score (nSPS) is 18.1. The highest BCUT2D eigenvalue weighted by atomic mass is 19.4. The van der Waals surface area contributed by atoms with Crippen molar-refractivity contribution in [3.63, 3.8) is 0 Å². The van der Waals surface area contributed by atoms with E-state index in [4.69, 9.17) is 0 Å². The van der Waals surface area contributed by atoms with Gasteiger partial charge in [0.15, 0.2) is 0 Å². The molecule has 1 aliphatic heterocycles. The van der Waals surface area contributed by atoms with Crippen molar-refractivity contribution in [2.45, 2.75) is 38.5 Å². The average Bonchev–Trinajstić information content (AvgIpc) is 2.34. The summed E-state index contributed by atoms with van der Waals surface area (Å²) in [6, 6.07) is 6.19. The third-order valence-corrected chi connectivity index (χ3v) is 3.93. The highest BCUT2D eigenvalue weighted by Gasteiger charge is 2.31. The molecule has 0 saturated carbocycles. The first kappa shape index (κ1) is 15.3. The van der Waals surface area contributed by atoms with Crippen LogP contribution in [0.25, 0.3) is 0 Å². The van der Waals surface area contributed by atoms with Gasteiger partial charge in [-0.15, -0.1) is 0 Å². The summed E-state index contributed by atoms with van der Waals surface area (Å²) < 4.78 is 37.7. The maximum absolute atomic E-state index is 12.6. The fraction of sp³-hybridized carbons (Fsp3) is 0.600. The summed E-state index contributed by atoms with van der Waals surface area (Å²) in [5.41, 5.74) is 0.360. The van der Waals surface area contributed by atoms with Gasteiger partial charge in [-0.2, -0.15) is 13.2 Å². The molecular formula is C15H21F3N2. The summed E-state index contributed by atoms with van der Waals surface area (Å²) in [6.07, 6.45) is -3.22. The van der Waals surface area contributed by atoms with Gasteiger partial charge in [-0.3, -0.25) is 4.90 Å². The smallest absolute Gasteiger partial charge is 0.314 e. The highest BCUT2D eigenvalue weighted by Crippen LogP contribution is 2.31. The van der Waals surface area contributed by atoms with E-state index in [1.165, 1.54) is 12.1 Å². The third-order valence-electron chi connectivity index (χ3n) is 3.93. The minimum absolute atomic E-state index is 0.143. The Kier molecular flexibility index (Phi) is 4.70. The Morgan fingerprint density at radius 1 is 1.25 bits per heavy atom. The fourth-order valence-corrected chi connectivity index (χ4v) is 2.60.